The molecule has 0 atom stereocenters. The van der Waals surface area contributed by atoms with Crippen LogP contribution in [-0.2, 0) is 4.79 Å². The molecular weight excluding hydrogens is 202 g/mol. The lowest BCUT2D eigenvalue weighted by Gasteiger charge is -2.36. The molecule has 0 radical (unpaired) electrons. The number of rotatable bonds is 3. The van der Waals surface area contributed by atoms with Gasteiger partial charge >= 0.3 is 0 Å². The number of piperazine rings is 1. The predicted molar refractivity (Wildman–Crippen MR) is 66.4 cm³/mol. The summed E-state index contributed by atoms with van der Waals surface area (Å²) >= 11 is 0. The van der Waals surface area contributed by atoms with Crippen LogP contribution in [0.15, 0.2) is 0 Å². The third-order valence-electron chi connectivity index (χ3n) is 3.13. The molecule has 4 nitrogen and oxygen atoms in total. The Labute approximate surface area is 99.0 Å². The zero-order valence-corrected chi connectivity index (χ0v) is 11.0. The maximum atomic E-state index is 12.1. The van der Waals surface area contributed by atoms with Crippen molar-refractivity contribution in [3.05, 3.63) is 0 Å². The van der Waals surface area contributed by atoms with Crippen LogP contribution in [0.2, 0.25) is 0 Å². The molecule has 1 heterocycles. The molecule has 94 valence electrons. The van der Waals surface area contributed by atoms with Crippen molar-refractivity contribution in [2.75, 3.05) is 39.3 Å². The predicted octanol–water partition coefficient (Wildman–Crippen LogP) is 0.539. The molecule has 1 rings (SSSR count). The van der Waals surface area contributed by atoms with Crippen molar-refractivity contribution in [3.8, 4) is 0 Å². The molecule has 0 aromatic heterocycles. The van der Waals surface area contributed by atoms with Crippen LogP contribution in [0.3, 0.4) is 0 Å². The van der Waals surface area contributed by atoms with E-state index in [-0.39, 0.29) is 11.4 Å². The standard InChI is InChI=1S/C12H25N3O/c1-5-15(12(2,3)4)10-11(16)14-8-6-13-7-9-14/h13H,5-10H2,1-4H3. The number of carbonyl (C=O) groups excluding carboxylic acids is 1. The Kier molecular flexibility index (Phi) is 4.74. The van der Waals surface area contributed by atoms with Gasteiger partial charge in [0, 0.05) is 31.7 Å². The summed E-state index contributed by atoms with van der Waals surface area (Å²) in [6.07, 6.45) is 0. The van der Waals surface area contributed by atoms with Crippen molar-refractivity contribution >= 4 is 5.91 Å². The van der Waals surface area contributed by atoms with Gasteiger partial charge in [-0.2, -0.15) is 0 Å². The van der Waals surface area contributed by atoms with Crippen LogP contribution >= 0.6 is 0 Å². The quantitative estimate of drug-likeness (QED) is 0.764. The average Bonchev–Trinajstić information content (AvgIpc) is 2.25. The van der Waals surface area contributed by atoms with Crippen LogP contribution in [0, 0.1) is 0 Å². The summed E-state index contributed by atoms with van der Waals surface area (Å²) < 4.78 is 0. The van der Waals surface area contributed by atoms with Crippen molar-refractivity contribution in [1.29, 1.82) is 0 Å². The Bertz CT molecular complexity index is 229. The van der Waals surface area contributed by atoms with Crippen molar-refractivity contribution < 1.29 is 4.79 Å². The monoisotopic (exact) mass is 227 g/mol. The molecule has 0 aromatic rings. The Morgan fingerprint density at radius 1 is 1.31 bits per heavy atom. The van der Waals surface area contributed by atoms with Gasteiger partial charge in [-0.25, -0.2) is 0 Å². The third-order valence-corrected chi connectivity index (χ3v) is 3.13. The van der Waals surface area contributed by atoms with E-state index in [0.29, 0.717) is 6.54 Å². The summed E-state index contributed by atoms with van der Waals surface area (Å²) in [4.78, 5) is 16.3. The molecule has 1 fully saturated rings. The SMILES string of the molecule is CCN(CC(=O)N1CCNCC1)C(C)(C)C. The average molecular weight is 227 g/mol. The fraction of sp³-hybridized carbons (Fsp3) is 0.917. The van der Waals surface area contributed by atoms with Crippen molar-refractivity contribution in [2.24, 2.45) is 0 Å². The second-order valence-electron chi connectivity index (χ2n) is 5.32. The lowest BCUT2D eigenvalue weighted by molar-refractivity contribution is -0.134. The topological polar surface area (TPSA) is 35.6 Å². The molecule has 1 saturated heterocycles. The highest BCUT2D eigenvalue weighted by Crippen LogP contribution is 2.12. The first-order valence-electron chi connectivity index (χ1n) is 6.18. The zero-order chi connectivity index (χ0) is 12.2. The number of carbonyl (C=O) groups is 1. The van der Waals surface area contributed by atoms with E-state index in [1.807, 2.05) is 4.90 Å². The highest BCUT2D eigenvalue weighted by molar-refractivity contribution is 5.78. The van der Waals surface area contributed by atoms with Crippen LogP contribution in [0.5, 0.6) is 0 Å². The minimum atomic E-state index is 0.0679. The first-order chi connectivity index (χ1) is 7.45. The Hall–Kier alpha value is -0.610. The molecule has 0 aliphatic carbocycles. The van der Waals surface area contributed by atoms with E-state index >= 15 is 0 Å². The molecule has 1 aliphatic heterocycles. The van der Waals surface area contributed by atoms with E-state index < -0.39 is 0 Å². The summed E-state index contributed by atoms with van der Waals surface area (Å²) in [5.41, 5.74) is 0.0679. The molecular formula is C12H25N3O. The number of amides is 1. The van der Waals surface area contributed by atoms with Gasteiger partial charge in [-0.3, -0.25) is 9.69 Å². The minimum absolute atomic E-state index is 0.0679. The second-order valence-corrected chi connectivity index (χ2v) is 5.32. The minimum Gasteiger partial charge on any atom is -0.339 e. The van der Waals surface area contributed by atoms with Crippen LogP contribution in [0.1, 0.15) is 27.7 Å². The summed E-state index contributed by atoms with van der Waals surface area (Å²) in [6, 6.07) is 0. The molecule has 0 bridgehead atoms. The molecule has 0 spiro atoms. The van der Waals surface area contributed by atoms with Gasteiger partial charge in [0.05, 0.1) is 6.54 Å². The third kappa shape index (κ3) is 3.76. The number of hydrogen-bond donors (Lipinski definition) is 1. The fourth-order valence-corrected chi connectivity index (χ4v) is 2.00. The van der Waals surface area contributed by atoms with Gasteiger partial charge in [-0.15, -0.1) is 0 Å². The van der Waals surface area contributed by atoms with Crippen molar-refractivity contribution in [1.82, 2.24) is 15.1 Å². The van der Waals surface area contributed by atoms with Crippen LogP contribution in [0.25, 0.3) is 0 Å². The fourth-order valence-electron chi connectivity index (χ4n) is 2.00. The van der Waals surface area contributed by atoms with Gasteiger partial charge in [-0.1, -0.05) is 6.92 Å². The van der Waals surface area contributed by atoms with Crippen LogP contribution in [0.4, 0.5) is 0 Å². The van der Waals surface area contributed by atoms with E-state index in [1.54, 1.807) is 0 Å². The van der Waals surface area contributed by atoms with E-state index in [9.17, 15) is 4.79 Å². The van der Waals surface area contributed by atoms with Crippen LogP contribution < -0.4 is 5.32 Å². The summed E-state index contributed by atoms with van der Waals surface area (Å²) in [5.74, 6) is 0.262. The Morgan fingerprint density at radius 3 is 2.31 bits per heavy atom. The zero-order valence-electron chi connectivity index (χ0n) is 11.0. The molecule has 1 N–H and O–H groups in total. The molecule has 4 heteroatoms. The normalized spacial score (nSPS) is 17.9. The van der Waals surface area contributed by atoms with Gasteiger partial charge in [0.2, 0.25) is 5.91 Å². The molecule has 0 saturated carbocycles. The molecule has 16 heavy (non-hydrogen) atoms. The van der Waals surface area contributed by atoms with Crippen molar-refractivity contribution in [2.45, 2.75) is 33.2 Å². The van der Waals surface area contributed by atoms with E-state index in [2.05, 4.69) is 37.9 Å². The highest BCUT2D eigenvalue weighted by Gasteiger charge is 2.24. The summed E-state index contributed by atoms with van der Waals surface area (Å²) in [6.45, 7) is 13.6. The largest absolute Gasteiger partial charge is 0.339 e. The first-order valence-corrected chi connectivity index (χ1v) is 6.18. The first kappa shape index (κ1) is 13.5. The maximum Gasteiger partial charge on any atom is 0.236 e. The highest BCUT2D eigenvalue weighted by atomic mass is 16.2. The second kappa shape index (κ2) is 5.64. The summed E-state index contributed by atoms with van der Waals surface area (Å²) in [5, 5.41) is 3.26. The van der Waals surface area contributed by atoms with Crippen LogP contribution in [-0.4, -0.2) is 60.5 Å². The smallest absolute Gasteiger partial charge is 0.236 e. The van der Waals surface area contributed by atoms with Crippen molar-refractivity contribution in [3.63, 3.8) is 0 Å². The molecule has 0 unspecified atom stereocenters. The van der Waals surface area contributed by atoms with Gasteiger partial charge in [-0.05, 0) is 27.3 Å². The van der Waals surface area contributed by atoms with Gasteiger partial charge in [0.25, 0.3) is 0 Å². The van der Waals surface area contributed by atoms with E-state index in [4.69, 9.17) is 0 Å². The number of likely N-dealkylation sites (N-methyl/N-ethyl adjacent to an activating group) is 1. The Morgan fingerprint density at radius 2 is 1.88 bits per heavy atom. The van der Waals surface area contributed by atoms with Gasteiger partial charge in [0.15, 0.2) is 0 Å². The van der Waals surface area contributed by atoms with Gasteiger partial charge < -0.3 is 10.2 Å². The Balaban J connectivity index is 2.48. The van der Waals surface area contributed by atoms with Gasteiger partial charge in [0.1, 0.15) is 0 Å². The number of nitrogens with one attached hydrogen (secondary N) is 1. The molecule has 0 aromatic carbocycles. The number of hydrogen-bond acceptors (Lipinski definition) is 3. The number of nitrogens with zero attached hydrogens (tertiary/aromatic N) is 2. The molecule has 1 amide bonds. The summed E-state index contributed by atoms with van der Waals surface area (Å²) in [7, 11) is 0. The van der Waals surface area contributed by atoms with E-state index in [1.165, 1.54) is 0 Å². The van der Waals surface area contributed by atoms with E-state index in [0.717, 1.165) is 32.7 Å². The molecule has 1 aliphatic rings. The lowest BCUT2D eigenvalue weighted by Crippen LogP contribution is -2.52. The maximum absolute atomic E-state index is 12.1. The lowest BCUT2D eigenvalue weighted by atomic mass is 10.1.